The second-order valence-corrected chi connectivity index (χ2v) is 19.5. The lowest BCUT2D eigenvalue weighted by Gasteiger charge is -2.72. The maximum atomic E-state index is 11.6. The molecule has 0 amide bonds. The van der Waals surface area contributed by atoms with E-state index in [1.165, 1.54) is 81.0 Å². The molecule has 2 saturated heterocycles. The summed E-state index contributed by atoms with van der Waals surface area (Å²) in [6.07, 6.45) is 16.0. The van der Waals surface area contributed by atoms with E-state index in [-0.39, 0.29) is 16.4 Å². The second-order valence-electron chi connectivity index (χ2n) is 19.5. The fraction of sp³-hybridized carbons (Fsp3) is 0.750. The zero-order chi connectivity index (χ0) is 34.6. The number of ether oxygens (including phenoxy) is 1. The van der Waals surface area contributed by atoms with Crippen LogP contribution >= 0.6 is 0 Å². The summed E-state index contributed by atoms with van der Waals surface area (Å²) in [7, 11) is 0. The van der Waals surface area contributed by atoms with Gasteiger partial charge in [0, 0.05) is 31.7 Å². The Morgan fingerprint density at radius 2 is 1.73 bits per heavy atom. The van der Waals surface area contributed by atoms with Gasteiger partial charge in [-0.2, -0.15) is 0 Å². The molecule has 268 valence electrons. The van der Waals surface area contributed by atoms with Gasteiger partial charge in [0.05, 0.1) is 18.3 Å². The number of fused-ring (bicyclic) bond motifs is 9. The van der Waals surface area contributed by atoms with E-state index in [9.17, 15) is 9.90 Å². The number of carboxylic acid groups (broad SMARTS) is 1. The molecule has 5 heteroatoms. The van der Waals surface area contributed by atoms with Gasteiger partial charge in [-0.15, -0.1) is 0 Å². The third-order valence-corrected chi connectivity index (χ3v) is 17.1. The minimum absolute atomic E-state index is 0.0406. The summed E-state index contributed by atoms with van der Waals surface area (Å²) >= 11 is 0. The molecule has 5 aliphatic carbocycles. The largest absolute Gasteiger partial charge is 0.478 e. The number of nitrogens with zero attached hydrogens (tertiary/aromatic N) is 1. The Balaban J connectivity index is 1.05. The van der Waals surface area contributed by atoms with Crippen molar-refractivity contribution in [3.05, 3.63) is 53.6 Å². The molecule has 0 spiro atoms. The van der Waals surface area contributed by atoms with Gasteiger partial charge >= 0.3 is 5.97 Å². The van der Waals surface area contributed by atoms with E-state index in [2.05, 4.69) is 64.4 Å². The minimum atomic E-state index is -0.853. The van der Waals surface area contributed by atoms with Gasteiger partial charge in [0.25, 0.3) is 0 Å². The minimum Gasteiger partial charge on any atom is -0.478 e. The lowest BCUT2D eigenvalue weighted by atomic mass is 9.33. The summed E-state index contributed by atoms with van der Waals surface area (Å²) in [6, 6.07) is 7.67. The highest BCUT2D eigenvalue weighted by Crippen LogP contribution is 2.76. The molecular weight excluding hydrogens is 604 g/mol. The SMILES string of the molecule is C=C(C)[C@@H]1CC[C@]2(NCCN3CC4COC(C4)C3)CC[C@]3(C)[C@H](CCC4[C@@]5(C)CC=C(c6ccc(C(=O)O)cc6)C(C)(C)C5CC[C@]43C)C12. The fourth-order valence-corrected chi connectivity index (χ4v) is 14.8. The first-order chi connectivity index (χ1) is 23.2. The predicted octanol–water partition coefficient (Wildman–Crippen LogP) is 9.10. The van der Waals surface area contributed by atoms with Crippen molar-refractivity contribution in [3.8, 4) is 0 Å². The molecule has 1 aromatic rings. The van der Waals surface area contributed by atoms with Crippen molar-refractivity contribution in [2.75, 3.05) is 32.8 Å². The Labute approximate surface area is 296 Å². The van der Waals surface area contributed by atoms with E-state index in [1.807, 2.05) is 12.1 Å². The quantitative estimate of drug-likeness (QED) is 0.284. The third-order valence-electron chi connectivity index (χ3n) is 17.1. The van der Waals surface area contributed by atoms with Crippen LogP contribution in [0, 0.1) is 57.2 Å². The van der Waals surface area contributed by atoms with Crippen LogP contribution in [0.25, 0.3) is 5.57 Å². The Morgan fingerprint density at radius 1 is 0.959 bits per heavy atom. The molecule has 5 unspecified atom stereocenters. The maximum Gasteiger partial charge on any atom is 0.335 e. The summed E-state index contributed by atoms with van der Waals surface area (Å²) < 4.78 is 6.03. The van der Waals surface area contributed by atoms with Gasteiger partial charge in [0.2, 0.25) is 0 Å². The number of hydrogen-bond donors (Lipinski definition) is 2. The Hall–Kier alpha value is -1.95. The van der Waals surface area contributed by atoms with Gasteiger partial charge in [0.15, 0.2) is 0 Å². The van der Waals surface area contributed by atoms with Crippen LogP contribution in [0.2, 0.25) is 0 Å². The van der Waals surface area contributed by atoms with Gasteiger partial charge in [-0.25, -0.2) is 4.79 Å². The molecule has 2 heterocycles. The third kappa shape index (κ3) is 5.05. The molecule has 11 atom stereocenters. The van der Waals surface area contributed by atoms with Crippen molar-refractivity contribution >= 4 is 11.5 Å². The number of aromatic carboxylic acids is 1. The normalized spacial score (nSPS) is 45.4. The number of likely N-dealkylation sites (tertiary alicyclic amines) is 1. The molecule has 6 fully saturated rings. The average Bonchev–Trinajstić information content (AvgIpc) is 3.60. The molecule has 7 aliphatic rings. The molecule has 0 radical (unpaired) electrons. The molecule has 4 saturated carbocycles. The molecule has 2 aliphatic heterocycles. The topological polar surface area (TPSA) is 61.8 Å². The van der Waals surface area contributed by atoms with E-state index in [4.69, 9.17) is 4.74 Å². The summed E-state index contributed by atoms with van der Waals surface area (Å²) in [5, 5.41) is 13.8. The fourth-order valence-electron chi connectivity index (χ4n) is 14.8. The molecule has 5 nitrogen and oxygen atoms in total. The molecular formula is C44H64N2O3. The number of carbonyl (C=O) groups is 1. The number of piperidine rings is 1. The van der Waals surface area contributed by atoms with Gasteiger partial charge < -0.3 is 15.2 Å². The van der Waals surface area contributed by atoms with Crippen LogP contribution in [0.5, 0.6) is 0 Å². The second kappa shape index (κ2) is 11.8. The monoisotopic (exact) mass is 668 g/mol. The Bertz CT molecular complexity index is 1500. The molecule has 2 N–H and O–H groups in total. The van der Waals surface area contributed by atoms with Crippen molar-refractivity contribution in [1.29, 1.82) is 0 Å². The first-order valence-corrected chi connectivity index (χ1v) is 20.0. The van der Waals surface area contributed by atoms with Crippen LogP contribution in [0.3, 0.4) is 0 Å². The van der Waals surface area contributed by atoms with E-state index >= 15 is 0 Å². The predicted molar refractivity (Wildman–Crippen MR) is 198 cm³/mol. The van der Waals surface area contributed by atoms with Crippen molar-refractivity contribution in [2.24, 2.45) is 57.2 Å². The summed E-state index contributed by atoms with van der Waals surface area (Å²) in [6.45, 7) is 25.7. The number of nitrogens with one attached hydrogen (secondary N) is 1. The average molecular weight is 669 g/mol. The number of hydrogen-bond acceptors (Lipinski definition) is 4. The molecule has 2 bridgehead atoms. The lowest BCUT2D eigenvalue weighted by molar-refractivity contribution is -0.219. The van der Waals surface area contributed by atoms with Gasteiger partial charge in [-0.05, 0) is 152 Å². The first-order valence-electron chi connectivity index (χ1n) is 20.0. The van der Waals surface area contributed by atoms with Crippen LogP contribution in [-0.2, 0) is 4.74 Å². The van der Waals surface area contributed by atoms with Crippen LogP contribution in [0.15, 0.2) is 42.5 Å². The van der Waals surface area contributed by atoms with E-state index in [1.54, 1.807) is 12.1 Å². The molecule has 1 aromatic carbocycles. The number of rotatable bonds is 7. The van der Waals surface area contributed by atoms with Crippen molar-refractivity contribution in [2.45, 2.75) is 117 Å². The Kier molecular flexibility index (Phi) is 8.21. The van der Waals surface area contributed by atoms with E-state index < -0.39 is 5.97 Å². The number of benzene rings is 1. The molecule has 8 rings (SSSR count). The molecule has 49 heavy (non-hydrogen) atoms. The summed E-state index contributed by atoms with van der Waals surface area (Å²) in [5.41, 5.74) is 5.64. The van der Waals surface area contributed by atoms with Crippen LogP contribution in [0.4, 0.5) is 0 Å². The summed E-state index contributed by atoms with van der Waals surface area (Å²) in [5.74, 6) is 3.30. The summed E-state index contributed by atoms with van der Waals surface area (Å²) in [4.78, 5) is 14.3. The highest BCUT2D eigenvalue weighted by Gasteiger charge is 2.70. The highest BCUT2D eigenvalue weighted by atomic mass is 16.5. The first kappa shape index (κ1) is 34.2. The highest BCUT2D eigenvalue weighted by molar-refractivity contribution is 5.88. The standard InChI is InChI=1S/C44H64N2O3/c1-28(2)33-14-19-44(45-22-23-46-25-29-24-32(26-46)49-27-29)21-20-42(6)35(38(33)44)12-13-37-41(5)17-15-34(30-8-10-31(11-9-30)39(47)48)40(3,4)36(41)16-18-43(37,42)7/h8-11,15,29,32-33,35-38,45H,1,12-14,16-27H2,2-7H3,(H,47,48)/t29?,32?,33-,35+,36?,37?,38?,41-,42+,43+,44-/m0/s1. The zero-order valence-electron chi connectivity index (χ0n) is 31.5. The van der Waals surface area contributed by atoms with E-state index in [0.717, 1.165) is 44.5 Å². The van der Waals surface area contributed by atoms with Crippen LogP contribution < -0.4 is 5.32 Å². The number of allylic oxidation sites excluding steroid dienone is 3. The van der Waals surface area contributed by atoms with Gasteiger partial charge in [-0.1, -0.05) is 65.0 Å². The maximum absolute atomic E-state index is 11.6. The van der Waals surface area contributed by atoms with Crippen LogP contribution in [-0.4, -0.2) is 60.4 Å². The van der Waals surface area contributed by atoms with Crippen molar-refractivity contribution in [3.63, 3.8) is 0 Å². The van der Waals surface area contributed by atoms with E-state index in [0.29, 0.717) is 46.2 Å². The smallest absolute Gasteiger partial charge is 0.335 e. The zero-order valence-corrected chi connectivity index (χ0v) is 31.5. The van der Waals surface area contributed by atoms with Crippen molar-refractivity contribution in [1.82, 2.24) is 10.2 Å². The van der Waals surface area contributed by atoms with Gasteiger partial charge in [-0.3, -0.25) is 4.90 Å². The molecule has 0 aromatic heterocycles. The lowest BCUT2D eigenvalue weighted by Crippen LogP contribution is -2.68. The Morgan fingerprint density at radius 3 is 2.45 bits per heavy atom. The van der Waals surface area contributed by atoms with Crippen LogP contribution in [0.1, 0.15) is 122 Å². The van der Waals surface area contributed by atoms with Crippen molar-refractivity contribution < 1.29 is 14.6 Å². The number of carboxylic acids is 1. The van der Waals surface area contributed by atoms with Gasteiger partial charge in [0.1, 0.15) is 0 Å².